The third-order valence-corrected chi connectivity index (χ3v) is 12.5. The Bertz CT molecular complexity index is 2790. The standard InChI is InChI=1S/C59H70N6O4/c1-56(2,3)43-25-44(57(4,5)6)28-51(27-43)64-53-23-39(19-21-41(53)31-60)35-68-37-49-17-14-18-50(63-49)38-69-36-40-20-22-42(32-61-33-47-15-13-16-48(34-66)62-47)54(24-40)65(55(64)67)52-29-45(58(7,8)9)26-46(30-52)59(10,11)12/h13-30,33-34H,31-32,35-38,60H2,1-12H3. The van der Waals surface area contributed by atoms with Gasteiger partial charge in [-0.15, -0.1) is 0 Å². The number of fused-ring (bicyclic) bond motifs is 6. The Morgan fingerprint density at radius 2 is 0.986 bits per heavy atom. The number of hydrogen-bond donors (Lipinski definition) is 1. The Labute approximate surface area is 410 Å². The van der Waals surface area contributed by atoms with Crippen LogP contribution in [0, 0.1) is 0 Å². The number of nitrogens with zero attached hydrogens (tertiary/aromatic N) is 5. The number of anilines is 4. The summed E-state index contributed by atoms with van der Waals surface area (Å²) in [6.45, 7) is 27.9. The topological polar surface area (TPSA) is 123 Å². The van der Waals surface area contributed by atoms with Crippen molar-refractivity contribution in [2.24, 2.45) is 10.7 Å². The van der Waals surface area contributed by atoms with E-state index in [1.54, 1.807) is 18.3 Å². The zero-order valence-electron chi connectivity index (χ0n) is 42.7. The highest BCUT2D eigenvalue weighted by atomic mass is 16.5. The van der Waals surface area contributed by atoms with Crippen molar-refractivity contribution in [2.75, 3.05) is 9.80 Å². The molecule has 7 rings (SSSR count). The summed E-state index contributed by atoms with van der Waals surface area (Å²) in [6, 6.07) is 36.2. The Hall–Kier alpha value is -6.33. The minimum atomic E-state index is -0.302. The molecular formula is C59H70N6O4. The van der Waals surface area contributed by atoms with Crippen LogP contribution in [0.15, 0.2) is 114 Å². The van der Waals surface area contributed by atoms with Gasteiger partial charge in [-0.25, -0.2) is 9.78 Å². The smallest absolute Gasteiger partial charge is 0.338 e. The molecule has 4 aromatic carbocycles. The Balaban J connectivity index is 1.58. The van der Waals surface area contributed by atoms with Crippen molar-refractivity contribution in [3.05, 3.63) is 176 Å². The lowest BCUT2D eigenvalue weighted by Gasteiger charge is -2.36. The van der Waals surface area contributed by atoms with Crippen LogP contribution in [0.4, 0.5) is 27.5 Å². The molecule has 2 aromatic heterocycles. The number of carbonyl (C=O) groups is 2. The van der Waals surface area contributed by atoms with Crippen molar-refractivity contribution in [3.8, 4) is 0 Å². The normalized spacial score (nSPS) is 14.5. The number of aldehydes is 1. The number of hydrogen-bond acceptors (Lipinski definition) is 8. The van der Waals surface area contributed by atoms with Crippen LogP contribution in [-0.4, -0.2) is 28.5 Å². The summed E-state index contributed by atoms with van der Waals surface area (Å²) in [4.78, 5) is 46.5. The minimum absolute atomic E-state index is 0.182. The van der Waals surface area contributed by atoms with E-state index in [1.807, 2.05) is 64.4 Å². The molecule has 0 fully saturated rings. The first-order chi connectivity index (χ1) is 32.5. The molecule has 6 aromatic rings. The molecule has 2 N–H and O–H groups in total. The van der Waals surface area contributed by atoms with E-state index in [-0.39, 0.29) is 60.6 Å². The average molecular weight is 927 g/mol. The number of aliphatic imine (C=N–C) groups is 1. The Morgan fingerprint density at radius 3 is 1.43 bits per heavy atom. The van der Waals surface area contributed by atoms with Gasteiger partial charge in [-0.2, -0.15) is 0 Å². The quantitative estimate of drug-likeness (QED) is 0.125. The van der Waals surface area contributed by atoms with Crippen molar-refractivity contribution in [1.29, 1.82) is 0 Å². The van der Waals surface area contributed by atoms with Crippen LogP contribution in [0.2, 0.25) is 0 Å². The summed E-state index contributed by atoms with van der Waals surface area (Å²) in [7, 11) is 0. The number of amides is 2. The zero-order chi connectivity index (χ0) is 49.9. The molecule has 0 saturated carbocycles. The first-order valence-corrected chi connectivity index (χ1v) is 23.9. The number of pyridine rings is 2. The molecular weight excluding hydrogens is 857 g/mol. The van der Waals surface area contributed by atoms with E-state index >= 15 is 4.79 Å². The third kappa shape index (κ3) is 12.3. The summed E-state index contributed by atoms with van der Waals surface area (Å²) >= 11 is 0. The Kier molecular flexibility index (Phi) is 14.9. The molecule has 0 unspecified atom stereocenters. The average Bonchev–Trinajstić information content (AvgIpc) is 3.28. The molecule has 69 heavy (non-hydrogen) atoms. The highest BCUT2D eigenvalue weighted by molar-refractivity contribution is 6.13. The maximum absolute atomic E-state index is 17.0. The van der Waals surface area contributed by atoms with Gasteiger partial charge in [-0.3, -0.25) is 24.6 Å². The second-order valence-electron chi connectivity index (χ2n) is 22.3. The van der Waals surface area contributed by atoms with Gasteiger partial charge >= 0.3 is 6.03 Å². The monoisotopic (exact) mass is 927 g/mol. The number of aromatic nitrogens is 2. The van der Waals surface area contributed by atoms with Crippen LogP contribution in [-0.2, 0) is 70.7 Å². The number of urea groups is 1. The molecule has 1 aliphatic heterocycles. The predicted molar refractivity (Wildman–Crippen MR) is 280 cm³/mol. The molecule has 0 aliphatic carbocycles. The molecule has 0 saturated heterocycles. The molecule has 6 bridgehead atoms. The van der Waals surface area contributed by atoms with Gasteiger partial charge < -0.3 is 15.2 Å². The van der Waals surface area contributed by atoms with E-state index in [0.29, 0.717) is 40.7 Å². The van der Waals surface area contributed by atoms with Crippen LogP contribution in [0.3, 0.4) is 0 Å². The lowest BCUT2D eigenvalue weighted by molar-refractivity contribution is 0.0980. The van der Waals surface area contributed by atoms with Gasteiger partial charge in [-0.05, 0) is 127 Å². The summed E-state index contributed by atoms with van der Waals surface area (Å²) in [5.41, 5.74) is 18.5. The summed E-state index contributed by atoms with van der Waals surface area (Å²) in [5, 5.41) is 0. The van der Waals surface area contributed by atoms with E-state index in [0.717, 1.165) is 62.2 Å². The second-order valence-corrected chi connectivity index (χ2v) is 22.3. The fourth-order valence-electron chi connectivity index (χ4n) is 8.22. The van der Waals surface area contributed by atoms with Gasteiger partial charge in [0.1, 0.15) is 5.69 Å². The maximum Gasteiger partial charge on any atom is 0.338 e. The van der Waals surface area contributed by atoms with Crippen LogP contribution < -0.4 is 15.5 Å². The van der Waals surface area contributed by atoms with Crippen molar-refractivity contribution in [2.45, 2.75) is 144 Å². The number of ether oxygens (including phenoxy) is 2. The van der Waals surface area contributed by atoms with Crippen LogP contribution in [0.5, 0.6) is 0 Å². The lowest BCUT2D eigenvalue weighted by atomic mass is 9.80. The van der Waals surface area contributed by atoms with Gasteiger partial charge in [0.25, 0.3) is 0 Å². The summed E-state index contributed by atoms with van der Waals surface area (Å²) in [6.07, 6.45) is 2.39. The van der Waals surface area contributed by atoms with Gasteiger partial charge in [0.15, 0.2) is 6.29 Å². The highest BCUT2D eigenvalue weighted by Gasteiger charge is 2.34. The fourth-order valence-corrected chi connectivity index (χ4v) is 8.22. The van der Waals surface area contributed by atoms with E-state index in [4.69, 9.17) is 25.2 Å². The van der Waals surface area contributed by atoms with Gasteiger partial charge in [0.2, 0.25) is 0 Å². The van der Waals surface area contributed by atoms with Crippen LogP contribution in [0.25, 0.3) is 0 Å². The van der Waals surface area contributed by atoms with Crippen molar-refractivity contribution >= 4 is 41.3 Å². The van der Waals surface area contributed by atoms with E-state index in [2.05, 4.69) is 131 Å². The SMILES string of the molecule is CC(C)(C)c1cc(N2C(=O)N(c3cc(C(C)(C)C)cc(C(C)(C)C)c3)c3cc(ccc3CN=Cc3cccc(C=O)n3)COCc3cccc(n3)COCc3ccc(CN)c2c3)cc(C(C)(C)C)c1. The van der Waals surface area contributed by atoms with Crippen molar-refractivity contribution < 1.29 is 19.1 Å². The lowest BCUT2D eigenvalue weighted by Crippen LogP contribution is -2.40. The van der Waals surface area contributed by atoms with Gasteiger partial charge in [0.05, 0.1) is 72.8 Å². The molecule has 0 radical (unpaired) electrons. The third-order valence-electron chi connectivity index (χ3n) is 12.5. The first-order valence-electron chi connectivity index (χ1n) is 23.9. The second kappa shape index (κ2) is 20.3. The number of benzene rings is 4. The van der Waals surface area contributed by atoms with E-state index < -0.39 is 0 Å². The van der Waals surface area contributed by atoms with Gasteiger partial charge in [-0.1, -0.05) is 132 Å². The van der Waals surface area contributed by atoms with Crippen LogP contribution in [0.1, 0.15) is 155 Å². The molecule has 10 heteroatoms. The van der Waals surface area contributed by atoms with Crippen LogP contribution >= 0.6 is 0 Å². The summed E-state index contributed by atoms with van der Waals surface area (Å²) in [5.74, 6) is 0. The Morgan fingerprint density at radius 1 is 0.551 bits per heavy atom. The molecule has 360 valence electrons. The number of rotatable bonds is 7. The van der Waals surface area contributed by atoms with E-state index in [9.17, 15) is 4.79 Å². The number of carbonyl (C=O) groups excluding carboxylic acids is 2. The maximum atomic E-state index is 17.0. The largest absolute Gasteiger partial charge is 0.370 e. The number of nitrogens with two attached hydrogens (primary N) is 1. The minimum Gasteiger partial charge on any atom is -0.370 e. The van der Waals surface area contributed by atoms with Gasteiger partial charge in [0, 0.05) is 12.8 Å². The first kappa shape index (κ1) is 50.5. The molecule has 10 nitrogen and oxygen atoms in total. The molecule has 0 atom stereocenters. The zero-order valence-corrected chi connectivity index (χ0v) is 42.7. The fraction of sp³-hybridized carbons (Fsp3) is 0.373. The molecule has 1 aliphatic rings. The van der Waals surface area contributed by atoms with Crippen molar-refractivity contribution in [3.63, 3.8) is 0 Å². The highest BCUT2D eigenvalue weighted by Crippen LogP contribution is 2.43. The molecule has 2 amide bonds. The van der Waals surface area contributed by atoms with Crippen molar-refractivity contribution in [1.82, 2.24) is 9.97 Å². The van der Waals surface area contributed by atoms with E-state index in [1.165, 1.54) is 0 Å². The molecule has 3 heterocycles. The molecule has 0 spiro atoms. The predicted octanol–water partition coefficient (Wildman–Crippen LogP) is 13.4. The summed E-state index contributed by atoms with van der Waals surface area (Å²) < 4.78 is 12.8.